The van der Waals surface area contributed by atoms with E-state index in [-0.39, 0.29) is 24.4 Å². The molecule has 0 radical (unpaired) electrons. The van der Waals surface area contributed by atoms with Crippen LogP contribution in [0.15, 0.2) is 24.3 Å². The first-order valence-electron chi connectivity index (χ1n) is 8.34. The fraction of sp³-hybridized carbons (Fsp3) is 0.529. The summed E-state index contributed by atoms with van der Waals surface area (Å²) in [5.74, 6) is -0.949. The molecule has 1 aliphatic rings. The van der Waals surface area contributed by atoms with Crippen molar-refractivity contribution in [2.45, 2.75) is 32.7 Å². The highest BCUT2D eigenvalue weighted by Crippen LogP contribution is 2.22. The van der Waals surface area contributed by atoms with Gasteiger partial charge in [-0.05, 0) is 38.8 Å². The molecule has 0 saturated carbocycles. The van der Waals surface area contributed by atoms with Gasteiger partial charge in [0.1, 0.15) is 0 Å². The van der Waals surface area contributed by atoms with Crippen molar-refractivity contribution in [1.82, 2.24) is 9.62 Å². The lowest BCUT2D eigenvalue weighted by atomic mass is 9.98. The van der Waals surface area contributed by atoms with Gasteiger partial charge < -0.3 is 10.6 Å². The standard InChI is InChI=1S/C17H25N3O4S/c1-12(2)18-17(22)14-8-4-5-9-15(14)19-16(21)13-7-6-10-20(11-13)25(3,23)24/h4-5,8-9,12-13H,6-7,10-11H2,1-3H3,(H,18,22)(H,19,21)/t13-/m1/s1. The van der Waals surface area contributed by atoms with Crippen molar-refractivity contribution >= 4 is 27.5 Å². The van der Waals surface area contributed by atoms with E-state index in [4.69, 9.17) is 0 Å². The normalized spacial score (nSPS) is 18.8. The molecule has 2 rings (SSSR count). The van der Waals surface area contributed by atoms with Gasteiger partial charge in [-0.1, -0.05) is 12.1 Å². The molecule has 1 fully saturated rings. The van der Waals surface area contributed by atoms with Gasteiger partial charge in [0.2, 0.25) is 15.9 Å². The topological polar surface area (TPSA) is 95.6 Å². The first-order chi connectivity index (χ1) is 11.7. The van der Waals surface area contributed by atoms with Crippen LogP contribution in [0.5, 0.6) is 0 Å². The first-order valence-corrected chi connectivity index (χ1v) is 10.2. The zero-order valence-corrected chi connectivity index (χ0v) is 15.6. The average Bonchev–Trinajstić information content (AvgIpc) is 2.54. The van der Waals surface area contributed by atoms with Gasteiger partial charge in [0.25, 0.3) is 5.91 Å². The van der Waals surface area contributed by atoms with Gasteiger partial charge in [-0.25, -0.2) is 12.7 Å². The number of nitrogens with one attached hydrogen (secondary N) is 2. The summed E-state index contributed by atoms with van der Waals surface area (Å²) in [7, 11) is -3.31. The van der Waals surface area contributed by atoms with Crippen LogP contribution in [0.3, 0.4) is 0 Å². The molecule has 2 N–H and O–H groups in total. The molecular formula is C17H25N3O4S. The van der Waals surface area contributed by atoms with Crippen LogP contribution < -0.4 is 10.6 Å². The molecule has 1 heterocycles. The molecule has 1 aliphatic heterocycles. The fourth-order valence-corrected chi connectivity index (χ4v) is 3.73. The molecule has 25 heavy (non-hydrogen) atoms. The minimum absolute atomic E-state index is 0.0158. The Balaban J connectivity index is 2.12. The Labute approximate surface area is 148 Å². The van der Waals surface area contributed by atoms with E-state index in [0.29, 0.717) is 30.6 Å². The third-order valence-corrected chi connectivity index (χ3v) is 5.34. The van der Waals surface area contributed by atoms with Crippen LogP contribution in [0.1, 0.15) is 37.0 Å². The molecule has 138 valence electrons. The summed E-state index contributed by atoms with van der Waals surface area (Å²) in [5.41, 5.74) is 0.822. The number of carbonyl (C=O) groups excluding carboxylic acids is 2. The number of amides is 2. The summed E-state index contributed by atoms with van der Waals surface area (Å²) in [6, 6.07) is 6.78. The van der Waals surface area contributed by atoms with Crippen LogP contribution in [-0.2, 0) is 14.8 Å². The van der Waals surface area contributed by atoms with E-state index in [1.807, 2.05) is 13.8 Å². The summed E-state index contributed by atoms with van der Waals surface area (Å²) in [5, 5.41) is 5.59. The van der Waals surface area contributed by atoms with E-state index < -0.39 is 15.9 Å². The highest BCUT2D eigenvalue weighted by Gasteiger charge is 2.30. The van der Waals surface area contributed by atoms with Crippen LogP contribution >= 0.6 is 0 Å². The molecule has 0 unspecified atom stereocenters. The smallest absolute Gasteiger partial charge is 0.253 e. The molecule has 1 atom stereocenters. The van der Waals surface area contributed by atoms with Crippen LogP contribution in [0.25, 0.3) is 0 Å². The number of rotatable bonds is 5. The van der Waals surface area contributed by atoms with Gasteiger partial charge in [0.15, 0.2) is 0 Å². The number of hydrogen-bond donors (Lipinski definition) is 2. The quantitative estimate of drug-likeness (QED) is 0.823. The van der Waals surface area contributed by atoms with E-state index in [1.165, 1.54) is 4.31 Å². The molecule has 2 amide bonds. The Morgan fingerprint density at radius 1 is 1.24 bits per heavy atom. The molecular weight excluding hydrogens is 342 g/mol. The largest absolute Gasteiger partial charge is 0.350 e. The molecule has 1 aromatic rings. The van der Waals surface area contributed by atoms with Crippen molar-refractivity contribution < 1.29 is 18.0 Å². The summed E-state index contributed by atoms with van der Waals surface area (Å²) < 4.78 is 24.7. The van der Waals surface area contributed by atoms with Crippen LogP contribution in [0, 0.1) is 5.92 Å². The molecule has 0 spiro atoms. The fourth-order valence-electron chi connectivity index (χ4n) is 2.82. The van der Waals surface area contributed by atoms with Crippen LogP contribution in [-0.4, -0.2) is 49.9 Å². The predicted molar refractivity (Wildman–Crippen MR) is 96.8 cm³/mol. The van der Waals surface area contributed by atoms with Gasteiger partial charge in [0, 0.05) is 19.1 Å². The maximum atomic E-state index is 12.6. The van der Waals surface area contributed by atoms with Crippen molar-refractivity contribution in [1.29, 1.82) is 0 Å². The zero-order chi connectivity index (χ0) is 18.6. The van der Waals surface area contributed by atoms with E-state index in [0.717, 1.165) is 6.26 Å². The number of nitrogens with zero attached hydrogens (tertiary/aromatic N) is 1. The lowest BCUT2D eigenvalue weighted by Gasteiger charge is -2.30. The van der Waals surface area contributed by atoms with E-state index in [2.05, 4.69) is 10.6 Å². The first kappa shape index (κ1) is 19.4. The Bertz CT molecular complexity index is 746. The van der Waals surface area contributed by atoms with E-state index >= 15 is 0 Å². The van der Waals surface area contributed by atoms with E-state index in [9.17, 15) is 18.0 Å². The van der Waals surface area contributed by atoms with Crippen molar-refractivity contribution in [3.63, 3.8) is 0 Å². The number of hydrogen-bond acceptors (Lipinski definition) is 4. The monoisotopic (exact) mass is 367 g/mol. The highest BCUT2D eigenvalue weighted by atomic mass is 32.2. The summed E-state index contributed by atoms with van der Waals surface area (Å²) in [6.07, 6.45) is 2.41. The molecule has 0 aromatic heterocycles. The molecule has 0 bridgehead atoms. The van der Waals surface area contributed by atoms with Crippen molar-refractivity contribution in [3.8, 4) is 0 Å². The molecule has 1 saturated heterocycles. The Hall–Kier alpha value is -1.93. The van der Waals surface area contributed by atoms with Gasteiger partial charge in [-0.3, -0.25) is 9.59 Å². The second-order valence-electron chi connectivity index (χ2n) is 6.62. The second-order valence-corrected chi connectivity index (χ2v) is 8.61. The van der Waals surface area contributed by atoms with Crippen LogP contribution in [0.2, 0.25) is 0 Å². The number of benzene rings is 1. The van der Waals surface area contributed by atoms with Gasteiger partial charge in [-0.2, -0.15) is 0 Å². The second kappa shape index (κ2) is 7.97. The Kier molecular flexibility index (Phi) is 6.18. The van der Waals surface area contributed by atoms with Gasteiger partial charge in [-0.15, -0.1) is 0 Å². The van der Waals surface area contributed by atoms with E-state index in [1.54, 1.807) is 24.3 Å². The lowest BCUT2D eigenvalue weighted by Crippen LogP contribution is -2.43. The zero-order valence-electron chi connectivity index (χ0n) is 14.8. The third kappa shape index (κ3) is 5.27. The number of para-hydroxylation sites is 1. The third-order valence-electron chi connectivity index (χ3n) is 4.07. The summed E-state index contributed by atoms with van der Waals surface area (Å²) in [6.45, 7) is 4.34. The minimum Gasteiger partial charge on any atom is -0.350 e. The number of carbonyl (C=O) groups is 2. The molecule has 0 aliphatic carbocycles. The van der Waals surface area contributed by atoms with Crippen molar-refractivity contribution in [2.24, 2.45) is 5.92 Å². The highest BCUT2D eigenvalue weighted by molar-refractivity contribution is 7.88. The minimum atomic E-state index is -3.31. The Morgan fingerprint density at radius 3 is 2.56 bits per heavy atom. The summed E-state index contributed by atoms with van der Waals surface area (Å²) in [4.78, 5) is 24.8. The van der Waals surface area contributed by atoms with Gasteiger partial charge in [0.05, 0.1) is 23.4 Å². The molecule has 1 aromatic carbocycles. The maximum absolute atomic E-state index is 12.6. The number of anilines is 1. The Morgan fingerprint density at radius 2 is 1.92 bits per heavy atom. The lowest BCUT2D eigenvalue weighted by molar-refractivity contribution is -0.120. The number of piperidine rings is 1. The van der Waals surface area contributed by atoms with Crippen LogP contribution in [0.4, 0.5) is 5.69 Å². The van der Waals surface area contributed by atoms with Crippen molar-refractivity contribution in [3.05, 3.63) is 29.8 Å². The number of sulfonamides is 1. The average molecular weight is 367 g/mol. The SMILES string of the molecule is CC(C)NC(=O)c1ccccc1NC(=O)[C@@H]1CCCN(S(C)(=O)=O)C1. The summed E-state index contributed by atoms with van der Waals surface area (Å²) >= 11 is 0. The molecule has 8 heteroatoms. The van der Waals surface area contributed by atoms with Gasteiger partial charge >= 0.3 is 0 Å². The maximum Gasteiger partial charge on any atom is 0.253 e. The molecule has 7 nitrogen and oxygen atoms in total. The predicted octanol–water partition coefficient (Wildman–Crippen LogP) is 1.43. The van der Waals surface area contributed by atoms with Crippen molar-refractivity contribution in [2.75, 3.05) is 24.7 Å².